The normalized spacial score (nSPS) is 10.7. The summed E-state index contributed by atoms with van der Waals surface area (Å²) < 4.78 is 11.0. The minimum atomic E-state index is 0.0554. The molecule has 0 unspecified atom stereocenters. The van der Waals surface area contributed by atoms with Gasteiger partial charge < -0.3 is 14.4 Å². The van der Waals surface area contributed by atoms with E-state index < -0.39 is 0 Å². The van der Waals surface area contributed by atoms with Crippen LogP contribution >= 0.6 is 11.3 Å². The maximum atomic E-state index is 11.6. The van der Waals surface area contributed by atoms with Crippen LogP contribution in [0, 0.1) is 0 Å². The first-order chi connectivity index (χ1) is 11.0. The summed E-state index contributed by atoms with van der Waals surface area (Å²) in [5, 5.41) is 2.84. The lowest BCUT2D eigenvalue weighted by molar-refractivity contribution is -0.131. The summed E-state index contributed by atoms with van der Waals surface area (Å²) >= 11 is 1.53. The van der Waals surface area contributed by atoms with Crippen molar-refractivity contribution in [1.29, 1.82) is 0 Å². The fourth-order valence-electron chi connectivity index (χ4n) is 2.20. The highest BCUT2D eigenvalue weighted by Crippen LogP contribution is 2.27. The average Bonchev–Trinajstić information content (AvgIpc) is 2.98. The number of methoxy groups -OCH3 is 1. The van der Waals surface area contributed by atoms with E-state index in [9.17, 15) is 4.79 Å². The quantitative estimate of drug-likeness (QED) is 0.778. The second kappa shape index (κ2) is 7.97. The molecule has 2 rings (SSSR count). The molecule has 0 N–H and O–H groups in total. The number of benzene rings is 1. The van der Waals surface area contributed by atoms with Crippen molar-refractivity contribution in [2.45, 2.75) is 40.0 Å². The number of carbonyl (C=O) groups is 1. The molecule has 1 aromatic carbocycles. The molecule has 0 atom stereocenters. The predicted molar refractivity (Wildman–Crippen MR) is 90.8 cm³/mol. The maximum Gasteiger partial charge on any atom is 0.220 e. The van der Waals surface area contributed by atoms with Crippen LogP contribution in [0.2, 0.25) is 0 Å². The van der Waals surface area contributed by atoms with Gasteiger partial charge in [-0.1, -0.05) is 12.1 Å². The Morgan fingerprint density at radius 3 is 2.61 bits per heavy atom. The lowest BCUT2D eigenvalue weighted by atomic mass is 10.3. The second-order valence-electron chi connectivity index (χ2n) is 5.41. The molecule has 0 fully saturated rings. The van der Waals surface area contributed by atoms with Gasteiger partial charge in [0.1, 0.15) is 11.6 Å². The van der Waals surface area contributed by atoms with Crippen molar-refractivity contribution in [1.82, 2.24) is 9.88 Å². The smallest absolute Gasteiger partial charge is 0.220 e. The van der Waals surface area contributed by atoms with Crippen LogP contribution in [0.5, 0.6) is 11.5 Å². The van der Waals surface area contributed by atoms with Crippen LogP contribution in [0.1, 0.15) is 31.5 Å². The maximum absolute atomic E-state index is 11.6. The highest BCUT2D eigenvalue weighted by molar-refractivity contribution is 7.09. The van der Waals surface area contributed by atoms with Gasteiger partial charge in [-0.25, -0.2) is 4.98 Å². The van der Waals surface area contributed by atoms with Crippen LogP contribution in [0.15, 0.2) is 29.6 Å². The zero-order valence-corrected chi connectivity index (χ0v) is 14.7. The van der Waals surface area contributed by atoms with Crippen LogP contribution in [-0.4, -0.2) is 28.9 Å². The van der Waals surface area contributed by atoms with Crippen molar-refractivity contribution >= 4 is 17.2 Å². The molecule has 6 heteroatoms. The van der Waals surface area contributed by atoms with Gasteiger partial charge in [-0.15, -0.1) is 11.3 Å². The van der Waals surface area contributed by atoms with E-state index in [0.29, 0.717) is 24.7 Å². The predicted octanol–water partition coefficient (Wildman–Crippen LogP) is 3.49. The molecule has 0 bridgehead atoms. The van der Waals surface area contributed by atoms with Crippen molar-refractivity contribution in [3.63, 3.8) is 0 Å². The lowest BCUT2D eigenvalue weighted by Crippen LogP contribution is -2.34. The van der Waals surface area contributed by atoms with Crippen LogP contribution < -0.4 is 9.47 Å². The molecule has 1 aromatic heterocycles. The van der Waals surface area contributed by atoms with Gasteiger partial charge in [-0.2, -0.15) is 0 Å². The molecule has 2 aromatic rings. The topological polar surface area (TPSA) is 51.7 Å². The van der Waals surface area contributed by atoms with Crippen molar-refractivity contribution in [2.24, 2.45) is 0 Å². The Hall–Kier alpha value is -2.08. The van der Waals surface area contributed by atoms with E-state index in [2.05, 4.69) is 4.98 Å². The second-order valence-corrected chi connectivity index (χ2v) is 6.36. The fraction of sp³-hybridized carbons (Fsp3) is 0.412. The number of hydrogen-bond acceptors (Lipinski definition) is 5. The number of hydrogen-bond donors (Lipinski definition) is 0. The molecule has 0 spiro atoms. The Kier molecular flexibility index (Phi) is 5.98. The molecule has 5 nitrogen and oxygen atoms in total. The summed E-state index contributed by atoms with van der Waals surface area (Å²) in [6.45, 7) is 6.49. The van der Waals surface area contributed by atoms with Gasteiger partial charge in [0.25, 0.3) is 0 Å². The molecular formula is C17H22N2O3S. The molecular weight excluding hydrogens is 312 g/mol. The van der Waals surface area contributed by atoms with Crippen LogP contribution in [-0.2, 0) is 17.9 Å². The Bertz CT molecular complexity index is 655. The van der Waals surface area contributed by atoms with Gasteiger partial charge in [0.15, 0.2) is 11.5 Å². The summed E-state index contributed by atoms with van der Waals surface area (Å²) in [6, 6.07) is 7.68. The van der Waals surface area contributed by atoms with Crippen molar-refractivity contribution in [2.75, 3.05) is 7.11 Å². The molecule has 0 aliphatic rings. The number of nitrogens with zero attached hydrogens (tertiary/aromatic N) is 2. The number of thiazole rings is 1. The Balaban J connectivity index is 1.98. The van der Waals surface area contributed by atoms with Gasteiger partial charge in [0.2, 0.25) is 5.91 Å². The molecule has 1 heterocycles. The summed E-state index contributed by atoms with van der Waals surface area (Å²) in [5.41, 5.74) is 0.887. The van der Waals surface area contributed by atoms with Crippen molar-refractivity contribution < 1.29 is 14.3 Å². The minimum Gasteiger partial charge on any atom is -0.493 e. The van der Waals surface area contributed by atoms with Gasteiger partial charge >= 0.3 is 0 Å². The Morgan fingerprint density at radius 1 is 1.30 bits per heavy atom. The van der Waals surface area contributed by atoms with Gasteiger partial charge in [0, 0.05) is 18.3 Å². The molecule has 0 radical (unpaired) electrons. The first-order valence-corrected chi connectivity index (χ1v) is 8.35. The molecule has 0 aliphatic heterocycles. The van der Waals surface area contributed by atoms with E-state index in [1.54, 1.807) is 18.9 Å². The fourth-order valence-corrected chi connectivity index (χ4v) is 2.89. The third-order valence-corrected chi connectivity index (χ3v) is 4.25. The number of carbonyl (C=O) groups excluding carboxylic acids is 1. The van der Waals surface area contributed by atoms with E-state index in [1.807, 2.05) is 43.5 Å². The molecule has 0 saturated heterocycles. The number of rotatable bonds is 7. The third kappa shape index (κ3) is 4.69. The highest BCUT2D eigenvalue weighted by Gasteiger charge is 2.15. The van der Waals surface area contributed by atoms with E-state index >= 15 is 0 Å². The first kappa shape index (κ1) is 17.3. The summed E-state index contributed by atoms with van der Waals surface area (Å²) in [6.07, 6.45) is 0. The van der Waals surface area contributed by atoms with Crippen LogP contribution in [0.4, 0.5) is 0 Å². The summed E-state index contributed by atoms with van der Waals surface area (Å²) in [7, 11) is 1.62. The number of aromatic nitrogens is 1. The van der Waals surface area contributed by atoms with E-state index in [4.69, 9.17) is 9.47 Å². The zero-order chi connectivity index (χ0) is 16.8. The van der Waals surface area contributed by atoms with Crippen molar-refractivity contribution in [3.8, 4) is 11.5 Å². The number of amides is 1. The summed E-state index contributed by atoms with van der Waals surface area (Å²) in [4.78, 5) is 18.0. The highest BCUT2D eigenvalue weighted by atomic mass is 32.1. The standard InChI is InChI=1S/C17H22N2O3S/c1-12(2)19(13(3)20)9-14-11-23-17(18-14)10-22-16-8-6-5-7-15(16)21-4/h5-8,11-12H,9-10H2,1-4H3. The lowest BCUT2D eigenvalue weighted by Gasteiger charge is -2.24. The largest absolute Gasteiger partial charge is 0.493 e. The zero-order valence-electron chi connectivity index (χ0n) is 13.9. The van der Waals surface area contributed by atoms with Crippen molar-refractivity contribution in [3.05, 3.63) is 40.3 Å². The monoisotopic (exact) mass is 334 g/mol. The number of ether oxygens (including phenoxy) is 2. The molecule has 0 saturated carbocycles. The summed E-state index contributed by atoms with van der Waals surface area (Å²) in [5.74, 6) is 1.45. The van der Waals surface area contributed by atoms with Gasteiger partial charge in [0.05, 0.1) is 19.3 Å². The average molecular weight is 334 g/mol. The number of para-hydroxylation sites is 2. The Morgan fingerprint density at radius 2 is 2.00 bits per heavy atom. The van der Waals surface area contributed by atoms with Gasteiger partial charge in [-0.05, 0) is 26.0 Å². The molecule has 0 aliphatic carbocycles. The van der Waals surface area contributed by atoms with E-state index in [-0.39, 0.29) is 11.9 Å². The molecule has 124 valence electrons. The Labute approximate surface area is 140 Å². The minimum absolute atomic E-state index is 0.0554. The third-order valence-electron chi connectivity index (χ3n) is 3.38. The molecule has 23 heavy (non-hydrogen) atoms. The van der Waals surface area contributed by atoms with E-state index in [1.165, 1.54) is 11.3 Å². The van der Waals surface area contributed by atoms with Crippen LogP contribution in [0.3, 0.4) is 0 Å². The van der Waals surface area contributed by atoms with E-state index in [0.717, 1.165) is 10.7 Å². The van der Waals surface area contributed by atoms with Crippen LogP contribution in [0.25, 0.3) is 0 Å². The SMILES string of the molecule is COc1ccccc1OCc1nc(CN(C(C)=O)C(C)C)cs1. The first-order valence-electron chi connectivity index (χ1n) is 7.47. The molecule has 1 amide bonds. The van der Waals surface area contributed by atoms with Gasteiger partial charge in [-0.3, -0.25) is 4.79 Å².